The van der Waals surface area contributed by atoms with Crippen molar-refractivity contribution >= 4 is 29.1 Å². The second kappa shape index (κ2) is 4.78. The number of thioether (sulfide) groups is 1. The Balaban J connectivity index is 1.71. The number of rotatable bonds is 4. The van der Waals surface area contributed by atoms with E-state index in [4.69, 9.17) is 17.3 Å². The van der Waals surface area contributed by atoms with Crippen LogP contribution < -0.4 is 5.73 Å². The van der Waals surface area contributed by atoms with Crippen LogP contribution >= 0.6 is 23.4 Å². The summed E-state index contributed by atoms with van der Waals surface area (Å²) in [6.45, 7) is 0. The second-order valence-corrected chi connectivity index (χ2v) is 5.63. The van der Waals surface area contributed by atoms with Crippen molar-refractivity contribution in [2.75, 3.05) is 5.73 Å². The fraction of sp³-hybridized carbons (Fsp3) is 0.364. The van der Waals surface area contributed by atoms with Crippen LogP contribution in [0.5, 0.6) is 0 Å². The zero-order valence-corrected chi connectivity index (χ0v) is 11.2. The fourth-order valence-corrected chi connectivity index (χ4v) is 2.94. The van der Waals surface area contributed by atoms with E-state index in [1.165, 1.54) is 12.8 Å². The minimum atomic E-state index is 0.490. The zero-order chi connectivity index (χ0) is 12.5. The number of tetrazole rings is 1. The molecule has 1 aromatic heterocycles. The summed E-state index contributed by atoms with van der Waals surface area (Å²) in [6, 6.07) is 6.05. The van der Waals surface area contributed by atoms with Crippen LogP contribution in [0, 0.1) is 0 Å². The first kappa shape index (κ1) is 11.8. The number of hydrogen-bond acceptors (Lipinski definition) is 5. The van der Waals surface area contributed by atoms with Gasteiger partial charge < -0.3 is 5.73 Å². The molecule has 1 saturated carbocycles. The molecule has 1 fully saturated rings. The van der Waals surface area contributed by atoms with Gasteiger partial charge in [-0.2, -0.15) is 0 Å². The number of hydrogen-bond donors (Lipinski definition) is 1. The summed E-state index contributed by atoms with van der Waals surface area (Å²) in [7, 11) is 0. The van der Waals surface area contributed by atoms with E-state index in [1.807, 2.05) is 16.8 Å². The number of nitrogen functional groups attached to an aromatic ring is 1. The number of nitrogens with two attached hydrogens (primary N) is 1. The van der Waals surface area contributed by atoms with Crippen LogP contribution in [0.4, 0.5) is 5.69 Å². The van der Waals surface area contributed by atoms with Gasteiger partial charge in [0, 0.05) is 16.5 Å². The van der Waals surface area contributed by atoms with Crippen molar-refractivity contribution < 1.29 is 0 Å². The maximum absolute atomic E-state index is 6.13. The molecule has 1 aromatic carbocycles. The van der Waals surface area contributed by atoms with E-state index in [2.05, 4.69) is 15.5 Å². The van der Waals surface area contributed by atoms with Gasteiger partial charge in [-0.25, -0.2) is 4.68 Å². The maximum Gasteiger partial charge on any atom is 0.209 e. The molecule has 2 N–H and O–H groups in total. The quantitative estimate of drug-likeness (QED) is 0.689. The first-order valence-corrected chi connectivity index (χ1v) is 7.05. The Morgan fingerprint density at radius 1 is 1.44 bits per heavy atom. The minimum Gasteiger partial charge on any atom is -0.399 e. The molecule has 3 rings (SSSR count). The first-order chi connectivity index (χ1) is 8.74. The van der Waals surface area contributed by atoms with Gasteiger partial charge in [-0.3, -0.25) is 0 Å². The van der Waals surface area contributed by atoms with Crippen LogP contribution in [0.3, 0.4) is 0 Å². The Kier molecular flexibility index (Phi) is 3.13. The van der Waals surface area contributed by atoms with Gasteiger partial charge >= 0.3 is 0 Å². The van der Waals surface area contributed by atoms with Crippen LogP contribution in [0.15, 0.2) is 23.4 Å². The number of anilines is 1. The summed E-state index contributed by atoms with van der Waals surface area (Å²) in [4.78, 5) is 0. The largest absolute Gasteiger partial charge is 0.399 e. The molecule has 5 nitrogen and oxygen atoms in total. The molecule has 2 aromatic rings. The van der Waals surface area contributed by atoms with Crippen molar-refractivity contribution in [2.45, 2.75) is 29.8 Å². The Bertz CT molecular complexity index is 566. The lowest BCUT2D eigenvalue weighted by molar-refractivity contribution is 0.565. The van der Waals surface area contributed by atoms with E-state index in [1.54, 1.807) is 17.8 Å². The second-order valence-electron chi connectivity index (χ2n) is 4.28. The van der Waals surface area contributed by atoms with E-state index in [0.717, 1.165) is 16.5 Å². The van der Waals surface area contributed by atoms with Gasteiger partial charge in [-0.15, -0.1) is 5.10 Å². The minimum absolute atomic E-state index is 0.490. The topological polar surface area (TPSA) is 69.6 Å². The maximum atomic E-state index is 6.13. The summed E-state index contributed by atoms with van der Waals surface area (Å²) in [5.41, 5.74) is 7.38. The molecule has 0 saturated heterocycles. The Morgan fingerprint density at radius 3 is 3.00 bits per heavy atom. The van der Waals surface area contributed by atoms with Gasteiger partial charge in [0.25, 0.3) is 0 Å². The van der Waals surface area contributed by atoms with Gasteiger partial charge in [0.2, 0.25) is 5.16 Å². The molecule has 0 bridgehead atoms. The third-order valence-corrected chi connectivity index (χ3v) is 4.12. The molecule has 1 aliphatic rings. The van der Waals surface area contributed by atoms with Crippen LogP contribution in [-0.4, -0.2) is 20.2 Å². The van der Waals surface area contributed by atoms with Crippen molar-refractivity contribution in [1.29, 1.82) is 0 Å². The molecule has 1 heterocycles. The van der Waals surface area contributed by atoms with E-state index >= 15 is 0 Å². The summed E-state index contributed by atoms with van der Waals surface area (Å²) in [6.07, 6.45) is 2.34. The normalized spacial score (nSPS) is 14.9. The average Bonchev–Trinajstić information content (AvgIpc) is 3.08. The van der Waals surface area contributed by atoms with Crippen LogP contribution in [0.1, 0.15) is 24.4 Å². The summed E-state index contributed by atoms with van der Waals surface area (Å²) < 4.78 is 1.90. The lowest BCUT2D eigenvalue weighted by atomic mass is 10.2. The van der Waals surface area contributed by atoms with E-state index < -0.39 is 0 Å². The highest BCUT2D eigenvalue weighted by Gasteiger charge is 2.27. The van der Waals surface area contributed by atoms with Crippen molar-refractivity contribution in [3.63, 3.8) is 0 Å². The summed E-state index contributed by atoms with van der Waals surface area (Å²) in [5, 5.41) is 13.3. The zero-order valence-electron chi connectivity index (χ0n) is 9.58. The third-order valence-electron chi connectivity index (χ3n) is 2.79. The highest BCUT2D eigenvalue weighted by molar-refractivity contribution is 7.98. The van der Waals surface area contributed by atoms with Gasteiger partial charge in [-0.05, 0) is 41.0 Å². The number of halogens is 1. The Hall–Kier alpha value is -1.27. The fourth-order valence-electron chi connectivity index (χ4n) is 1.65. The van der Waals surface area contributed by atoms with E-state index in [-0.39, 0.29) is 0 Å². The highest BCUT2D eigenvalue weighted by Crippen LogP contribution is 2.37. The molecule has 0 spiro atoms. The van der Waals surface area contributed by atoms with Crippen molar-refractivity contribution in [3.8, 4) is 0 Å². The molecule has 18 heavy (non-hydrogen) atoms. The average molecular weight is 282 g/mol. The van der Waals surface area contributed by atoms with Crippen molar-refractivity contribution in [2.24, 2.45) is 0 Å². The van der Waals surface area contributed by atoms with Gasteiger partial charge in [0.15, 0.2) is 0 Å². The van der Waals surface area contributed by atoms with E-state index in [0.29, 0.717) is 16.8 Å². The monoisotopic (exact) mass is 281 g/mol. The molecular weight excluding hydrogens is 270 g/mol. The molecule has 1 aliphatic carbocycles. The molecule has 0 radical (unpaired) electrons. The SMILES string of the molecule is Nc1ccc(CSc2nnnn2C2CC2)c(Cl)c1. The Morgan fingerprint density at radius 2 is 2.28 bits per heavy atom. The number of aromatic nitrogens is 4. The lowest BCUT2D eigenvalue weighted by Gasteiger charge is -2.05. The number of nitrogens with zero attached hydrogens (tertiary/aromatic N) is 4. The Labute approximate surface area is 114 Å². The molecule has 0 unspecified atom stereocenters. The van der Waals surface area contributed by atoms with Gasteiger partial charge in [0.05, 0.1) is 6.04 Å². The smallest absolute Gasteiger partial charge is 0.209 e. The predicted molar refractivity (Wildman–Crippen MR) is 71.5 cm³/mol. The number of benzene rings is 1. The van der Waals surface area contributed by atoms with Crippen LogP contribution in [0.25, 0.3) is 0 Å². The highest BCUT2D eigenvalue weighted by atomic mass is 35.5. The molecule has 0 aliphatic heterocycles. The predicted octanol–water partition coefficient (Wildman–Crippen LogP) is 2.54. The van der Waals surface area contributed by atoms with E-state index in [9.17, 15) is 0 Å². The molecule has 7 heteroatoms. The van der Waals surface area contributed by atoms with Crippen LogP contribution in [0.2, 0.25) is 5.02 Å². The molecular formula is C11H12ClN5S. The molecule has 94 valence electrons. The van der Waals surface area contributed by atoms with Crippen molar-refractivity contribution in [1.82, 2.24) is 20.2 Å². The van der Waals surface area contributed by atoms with Gasteiger partial charge in [0.1, 0.15) is 0 Å². The van der Waals surface area contributed by atoms with Gasteiger partial charge in [-0.1, -0.05) is 29.4 Å². The van der Waals surface area contributed by atoms with Crippen molar-refractivity contribution in [3.05, 3.63) is 28.8 Å². The third kappa shape index (κ3) is 2.44. The standard InChI is InChI=1S/C11H12ClN5S/c12-10-5-8(13)2-1-7(10)6-18-11-14-15-16-17(11)9-3-4-9/h1-2,5,9H,3-4,6,13H2. The first-order valence-electron chi connectivity index (χ1n) is 5.68. The summed E-state index contributed by atoms with van der Waals surface area (Å²) in [5.74, 6) is 0.742. The molecule has 0 atom stereocenters. The lowest BCUT2D eigenvalue weighted by Crippen LogP contribution is -1.99. The molecule has 0 amide bonds. The summed E-state index contributed by atoms with van der Waals surface area (Å²) >= 11 is 7.73. The van der Waals surface area contributed by atoms with Crippen LogP contribution in [-0.2, 0) is 5.75 Å².